The lowest BCUT2D eigenvalue weighted by molar-refractivity contribution is -0.139. The third-order valence-electron chi connectivity index (χ3n) is 3.61. The van der Waals surface area contributed by atoms with E-state index in [0.717, 1.165) is 5.56 Å². The zero-order chi connectivity index (χ0) is 13.5. The average Bonchev–Trinajstić information content (AvgIpc) is 2.66. The Morgan fingerprint density at radius 3 is 2.84 bits per heavy atom. The van der Waals surface area contributed by atoms with Crippen molar-refractivity contribution in [2.75, 3.05) is 13.2 Å². The van der Waals surface area contributed by atoms with Crippen molar-refractivity contribution in [2.45, 2.75) is 18.3 Å². The summed E-state index contributed by atoms with van der Waals surface area (Å²) in [6.07, 6.45) is 0.612. The fourth-order valence-corrected chi connectivity index (χ4v) is 2.43. The first-order valence-corrected chi connectivity index (χ1v) is 6.02. The van der Waals surface area contributed by atoms with Crippen molar-refractivity contribution in [3.05, 3.63) is 34.3 Å². The molecule has 0 atom stereocenters. The third kappa shape index (κ3) is 2.04. The first-order valence-electron chi connectivity index (χ1n) is 6.02. The van der Waals surface area contributed by atoms with Gasteiger partial charge < -0.3 is 14.3 Å². The van der Waals surface area contributed by atoms with E-state index in [1.54, 1.807) is 12.1 Å². The van der Waals surface area contributed by atoms with E-state index in [9.17, 15) is 9.59 Å². The van der Waals surface area contributed by atoms with Crippen molar-refractivity contribution in [2.24, 2.45) is 0 Å². The molecular weight excluding hydrogens is 250 g/mol. The van der Waals surface area contributed by atoms with Gasteiger partial charge in [-0.15, -0.1) is 0 Å². The van der Waals surface area contributed by atoms with Crippen LogP contribution in [0.2, 0.25) is 0 Å². The molecule has 2 aromatic rings. The highest BCUT2D eigenvalue weighted by Gasteiger charge is 2.40. The molecule has 0 radical (unpaired) electrons. The second-order valence-electron chi connectivity index (χ2n) is 4.89. The van der Waals surface area contributed by atoms with Crippen molar-refractivity contribution >= 4 is 17.1 Å². The van der Waals surface area contributed by atoms with Crippen LogP contribution in [0.15, 0.2) is 27.4 Å². The van der Waals surface area contributed by atoms with E-state index < -0.39 is 11.7 Å². The van der Waals surface area contributed by atoms with Gasteiger partial charge in [0.2, 0.25) is 0 Å². The SMILES string of the molecule is O=C(O)CCC1(c2ccc3[nH]c(=O)oc3c2)COC1. The molecule has 1 fully saturated rings. The van der Waals surface area contributed by atoms with Crippen LogP contribution in [0, 0.1) is 0 Å². The van der Waals surface area contributed by atoms with E-state index >= 15 is 0 Å². The molecule has 1 aromatic carbocycles. The summed E-state index contributed by atoms with van der Waals surface area (Å²) in [5.41, 5.74) is 1.81. The molecule has 1 aliphatic rings. The maximum absolute atomic E-state index is 11.1. The largest absolute Gasteiger partial charge is 0.481 e. The normalized spacial score (nSPS) is 17.3. The summed E-state index contributed by atoms with van der Waals surface area (Å²) >= 11 is 0. The molecule has 100 valence electrons. The molecule has 0 bridgehead atoms. The van der Waals surface area contributed by atoms with E-state index in [2.05, 4.69) is 4.98 Å². The molecule has 6 heteroatoms. The van der Waals surface area contributed by atoms with E-state index in [-0.39, 0.29) is 11.8 Å². The van der Waals surface area contributed by atoms with Crippen molar-refractivity contribution in [3.63, 3.8) is 0 Å². The third-order valence-corrected chi connectivity index (χ3v) is 3.61. The number of rotatable bonds is 4. The van der Waals surface area contributed by atoms with Gasteiger partial charge in [0.05, 0.1) is 18.7 Å². The topological polar surface area (TPSA) is 92.5 Å². The zero-order valence-corrected chi connectivity index (χ0v) is 10.1. The molecule has 0 spiro atoms. The number of nitrogens with one attached hydrogen (secondary N) is 1. The summed E-state index contributed by atoms with van der Waals surface area (Å²) < 4.78 is 10.3. The predicted molar refractivity (Wildman–Crippen MR) is 66.2 cm³/mol. The van der Waals surface area contributed by atoms with Crippen LogP contribution in [-0.4, -0.2) is 29.3 Å². The van der Waals surface area contributed by atoms with Gasteiger partial charge in [0.1, 0.15) is 0 Å². The minimum absolute atomic E-state index is 0.0957. The van der Waals surface area contributed by atoms with Gasteiger partial charge in [0.15, 0.2) is 5.58 Å². The van der Waals surface area contributed by atoms with Gasteiger partial charge >= 0.3 is 11.7 Å². The number of hydrogen-bond donors (Lipinski definition) is 2. The summed E-state index contributed by atoms with van der Waals surface area (Å²) in [6.45, 7) is 1.00. The second kappa shape index (κ2) is 4.24. The summed E-state index contributed by atoms with van der Waals surface area (Å²) in [6, 6.07) is 5.45. The highest BCUT2D eigenvalue weighted by molar-refractivity contribution is 5.73. The van der Waals surface area contributed by atoms with Crippen LogP contribution >= 0.6 is 0 Å². The van der Waals surface area contributed by atoms with Gasteiger partial charge in [-0.05, 0) is 24.1 Å². The van der Waals surface area contributed by atoms with E-state index in [4.69, 9.17) is 14.3 Å². The summed E-state index contributed by atoms with van der Waals surface area (Å²) in [5.74, 6) is -1.31. The van der Waals surface area contributed by atoms with Crippen LogP contribution in [0.25, 0.3) is 11.1 Å². The van der Waals surface area contributed by atoms with Gasteiger partial charge in [-0.1, -0.05) is 6.07 Å². The number of oxazole rings is 1. The fourth-order valence-electron chi connectivity index (χ4n) is 2.43. The number of aliphatic carboxylic acids is 1. The molecule has 19 heavy (non-hydrogen) atoms. The number of benzene rings is 1. The Balaban J connectivity index is 1.96. The molecule has 1 saturated heterocycles. The number of carboxylic acid groups (broad SMARTS) is 1. The Morgan fingerprint density at radius 2 is 2.21 bits per heavy atom. The minimum atomic E-state index is -0.819. The summed E-state index contributed by atoms with van der Waals surface area (Å²) in [4.78, 5) is 24.4. The fraction of sp³-hybridized carbons (Fsp3) is 0.385. The average molecular weight is 263 g/mol. The number of aromatic amines is 1. The molecule has 2 N–H and O–H groups in total. The zero-order valence-electron chi connectivity index (χ0n) is 10.1. The molecule has 0 amide bonds. The van der Waals surface area contributed by atoms with Gasteiger partial charge in [0.25, 0.3) is 0 Å². The van der Waals surface area contributed by atoms with Crippen LogP contribution < -0.4 is 5.76 Å². The Kier molecular flexibility index (Phi) is 2.67. The van der Waals surface area contributed by atoms with E-state index in [1.165, 1.54) is 0 Å². The van der Waals surface area contributed by atoms with E-state index in [1.807, 2.05) is 6.07 Å². The first-order chi connectivity index (χ1) is 9.09. The highest BCUT2D eigenvalue weighted by atomic mass is 16.5. The summed E-state index contributed by atoms with van der Waals surface area (Å²) in [7, 11) is 0. The molecular formula is C13H13NO5. The van der Waals surface area contributed by atoms with Crippen LogP contribution in [0.4, 0.5) is 0 Å². The quantitative estimate of drug-likeness (QED) is 0.866. The van der Waals surface area contributed by atoms with Gasteiger partial charge in [-0.2, -0.15) is 0 Å². The highest BCUT2D eigenvalue weighted by Crippen LogP contribution is 2.37. The lowest BCUT2D eigenvalue weighted by Crippen LogP contribution is -2.47. The van der Waals surface area contributed by atoms with Crippen molar-refractivity contribution in [1.29, 1.82) is 0 Å². The molecule has 0 saturated carbocycles. The number of fused-ring (bicyclic) bond motifs is 1. The minimum Gasteiger partial charge on any atom is -0.481 e. The molecule has 3 rings (SSSR count). The summed E-state index contributed by atoms with van der Waals surface area (Å²) in [5, 5.41) is 8.81. The first kappa shape index (κ1) is 12.0. The lowest BCUT2D eigenvalue weighted by atomic mass is 9.75. The number of aromatic nitrogens is 1. The molecule has 0 unspecified atom stereocenters. The maximum atomic E-state index is 11.1. The van der Waals surface area contributed by atoms with Crippen LogP contribution in [0.5, 0.6) is 0 Å². The van der Waals surface area contributed by atoms with Crippen LogP contribution in [0.1, 0.15) is 18.4 Å². The van der Waals surface area contributed by atoms with Crippen molar-refractivity contribution < 1.29 is 19.1 Å². The number of ether oxygens (including phenoxy) is 1. The molecule has 1 aliphatic heterocycles. The number of carbonyl (C=O) groups is 1. The van der Waals surface area contributed by atoms with Gasteiger partial charge in [-0.25, -0.2) is 4.79 Å². The Morgan fingerprint density at radius 1 is 1.42 bits per heavy atom. The van der Waals surface area contributed by atoms with E-state index in [0.29, 0.717) is 30.7 Å². The lowest BCUT2D eigenvalue weighted by Gasteiger charge is -2.41. The Hall–Kier alpha value is -2.08. The second-order valence-corrected chi connectivity index (χ2v) is 4.89. The van der Waals surface area contributed by atoms with Crippen LogP contribution in [-0.2, 0) is 14.9 Å². The smallest absolute Gasteiger partial charge is 0.417 e. The van der Waals surface area contributed by atoms with Gasteiger partial charge in [-0.3, -0.25) is 9.78 Å². The van der Waals surface area contributed by atoms with Crippen molar-refractivity contribution in [3.8, 4) is 0 Å². The molecule has 0 aliphatic carbocycles. The Labute approximate surface area is 108 Å². The number of H-pyrrole nitrogens is 1. The molecule has 2 heterocycles. The van der Waals surface area contributed by atoms with Gasteiger partial charge in [0, 0.05) is 11.8 Å². The molecule has 1 aromatic heterocycles. The number of hydrogen-bond acceptors (Lipinski definition) is 4. The van der Waals surface area contributed by atoms with Crippen LogP contribution in [0.3, 0.4) is 0 Å². The molecule has 6 nitrogen and oxygen atoms in total. The monoisotopic (exact) mass is 263 g/mol. The van der Waals surface area contributed by atoms with Crippen molar-refractivity contribution in [1.82, 2.24) is 4.98 Å². The standard InChI is InChI=1S/C13H13NO5/c15-11(16)3-4-13(6-18-7-13)8-1-2-9-10(5-8)19-12(17)14-9/h1-2,5H,3-4,6-7H2,(H,14,17)(H,15,16). The predicted octanol–water partition coefficient (Wildman–Crippen LogP) is 1.25. The number of carboxylic acids is 1. The maximum Gasteiger partial charge on any atom is 0.417 e. The Bertz CT molecular complexity index is 680.